The van der Waals surface area contributed by atoms with Crippen molar-refractivity contribution in [3.05, 3.63) is 33.8 Å². The van der Waals surface area contributed by atoms with Gasteiger partial charge in [-0.1, -0.05) is 29.3 Å². The lowest BCUT2D eigenvalue weighted by molar-refractivity contribution is -0.119. The number of hydrogen-bond donors (Lipinski definition) is 2. The van der Waals surface area contributed by atoms with E-state index >= 15 is 0 Å². The zero-order valence-corrected chi connectivity index (χ0v) is 12.8. The Morgan fingerprint density at radius 3 is 2.95 bits per heavy atom. The first kappa shape index (κ1) is 15.6. The van der Waals surface area contributed by atoms with Gasteiger partial charge in [-0.05, 0) is 17.7 Å². The van der Waals surface area contributed by atoms with Crippen molar-refractivity contribution in [1.82, 2.24) is 10.6 Å². The summed E-state index contributed by atoms with van der Waals surface area (Å²) < 4.78 is 5.91. The topological polar surface area (TPSA) is 50.4 Å². The molecule has 1 heterocycles. The summed E-state index contributed by atoms with van der Waals surface area (Å²) in [6.07, 6.45) is -0.105. The molecule has 1 aliphatic heterocycles. The summed E-state index contributed by atoms with van der Waals surface area (Å²) in [5.41, 5.74) is 0.985. The van der Waals surface area contributed by atoms with Gasteiger partial charge >= 0.3 is 0 Å². The van der Waals surface area contributed by atoms with E-state index in [0.717, 1.165) is 18.7 Å². The van der Waals surface area contributed by atoms with Crippen molar-refractivity contribution in [1.29, 1.82) is 0 Å². The molecule has 1 aromatic carbocycles. The lowest BCUT2D eigenvalue weighted by Crippen LogP contribution is -2.35. The maximum absolute atomic E-state index is 11.1. The second-order valence-corrected chi connectivity index (χ2v) is 5.68. The quantitative estimate of drug-likeness (QED) is 0.900. The van der Waals surface area contributed by atoms with E-state index in [0.29, 0.717) is 23.2 Å². The van der Waals surface area contributed by atoms with Crippen LogP contribution in [0.5, 0.6) is 0 Å². The maximum Gasteiger partial charge on any atom is 0.216 e. The average molecular weight is 317 g/mol. The van der Waals surface area contributed by atoms with Crippen molar-refractivity contribution >= 4 is 29.1 Å². The smallest absolute Gasteiger partial charge is 0.216 e. The minimum absolute atomic E-state index is 0.0397. The zero-order valence-electron chi connectivity index (χ0n) is 11.3. The van der Waals surface area contributed by atoms with Crippen LogP contribution in [0, 0.1) is 5.92 Å². The van der Waals surface area contributed by atoms with Gasteiger partial charge in [0, 0.05) is 32.5 Å². The predicted molar refractivity (Wildman–Crippen MR) is 80.2 cm³/mol. The fourth-order valence-corrected chi connectivity index (χ4v) is 2.61. The SMILES string of the molecule is CC(=O)NC[C@@H]1CNCCO[C@@H]1c1ccc(Cl)c(Cl)c1. The minimum atomic E-state index is -0.105. The van der Waals surface area contributed by atoms with Gasteiger partial charge in [0.15, 0.2) is 0 Å². The van der Waals surface area contributed by atoms with Crippen LogP contribution in [0.25, 0.3) is 0 Å². The van der Waals surface area contributed by atoms with Gasteiger partial charge in [-0.15, -0.1) is 0 Å². The molecule has 0 spiro atoms. The summed E-state index contributed by atoms with van der Waals surface area (Å²) in [4.78, 5) is 11.1. The van der Waals surface area contributed by atoms with Crippen LogP contribution in [0.4, 0.5) is 0 Å². The molecule has 110 valence electrons. The van der Waals surface area contributed by atoms with Gasteiger partial charge in [0.2, 0.25) is 5.91 Å². The average Bonchev–Trinajstić information content (AvgIpc) is 2.65. The molecule has 1 fully saturated rings. The van der Waals surface area contributed by atoms with E-state index in [1.54, 1.807) is 6.07 Å². The van der Waals surface area contributed by atoms with Crippen LogP contribution >= 0.6 is 23.2 Å². The molecule has 2 rings (SSSR count). The number of halogens is 2. The molecule has 20 heavy (non-hydrogen) atoms. The van der Waals surface area contributed by atoms with E-state index in [9.17, 15) is 4.79 Å². The number of nitrogens with one attached hydrogen (secondary N) is 2. The Balaban J connectivity index is 2.18. The maximum atomic E-state index is 11.1. The number of rotatable bonds is 3. The van der Waals surface area contributed by atoms with Gasteiger partial charge in [-0.3, -0.25) is 4.79 Å². The summed E-state index contributed by atoms with van der Waals surface area (Å²) in [7, 11) is 0. The summed E-state index contributed by atoms with van der Waals surface area (Å²) in [6.45, 7) is 4.29. The molecule has 6 heteroatoms. The first-order valence-corrected chi connectivity index (χ1v) is 7.35. The van der Waals surface area contributed by atoms with Crippen LogP contribution in [0.15, 0.2) is 18.2 Å². The van der Waals surface area contributed by atoms with Crippen LogP contribution < -0.4 is 10.6 Å². The Morgan fingerprint density at radius 2 is 2.25 bits per heavy atom. The second-order valence-electron chi connectivity index (χ2n) is 4.87. The highest BCUT2D eigenvalue weighted by molar-refractivity contribution is 6.42. The number of amides is 1. The lowest BCUT2D eigenvalue weighted by atomic mass is 9.95. The van der Waals surface area contributed by atoms with Crippen molar-refractivity contribution in [3.8, 4) is 0 Å². The van der Waals surface area contributed by atoms with E-state index in [-0.39, 0.29) is 17.9 Å². The molecule has 1 aromatic rings. The summed E-state index contributed by atoms with van der Waals surface area (Å²) in [5.74, 6) is 0.112. The molecule has 2 atom stereocenters. The molecule has 0 unspecified atom stereocenters. The molecule has 1 aliphatic rings. The summed E-state index contributed by atoms with van der Waals surface area (Å²) in [6, 6.07) is 5.53. The molecule has 4 nitrogen and oxygen atoms in total. The van der Waals surface area contributed by atoms with Crippen LogP contribution in [-0.4, -0.2) is 32.1 Å². The van der Waals surface area contributed by atoms with Gasteiger partial charge in [0.1, 0.15) is 0 Å². The Bertz CT molecular complexity index is 482. The Hall–Kier alpha value is -0.810. The Kier molecular flexibility index (Phi) is 5.66. The van der Waals surface area contributed by atoms with Crippen molar-refractivity contribution in [2.45, 2.75) is 13.0 Å². The highest BCUT2D eigenvalue weighted by atomic mass is 35.5. The molecule has 0 aliphatic carbocycles. The van der Waals surface area contributed by atoms with Crippen LogP contribution in [0.3, 0.4) is 0 Å². The van der Waals surface area contributed by atoms with E-state index < -0.39 is 0 Å². The van der Waals surface area contributed by atoms with Crippen LogP contribution in [-0.2, 0) is 9.53 Å². The van der Waals surface area contributed by atoms with Crippen molar-refractivity contribution in [2.75, 3.05) is 26.2 Å². The molecule has 1 amide bonds. The van der Waals surface area contributed by atoms with Crippen molar-refractivity contribution < 1.29 is 9.53 Å². The van der Waals surface area contributed by atoms with Gasteiger partial charge in [-0.25, -0.2) is 0 Å². The van der Waals surface area contributed by atoms with Crippen LogP contribution in [0.2, 0.25) is 10.0 Å². The number of hydrogen-bond acceptors (Lipinski definition) is 3. The van der Waals surface area contributed by atoms with Crippen molar-refractivity contribution in [2.24, 2.45) is 5.92 Å². The van der Waals surface area contributed by atoms with E-state index in [4.69, 9.17) is 27.9 Å². The molecular formula is C14H18Cl2N2O2. The first-order valence-electron chi connectivity index (χ1n) is 6.59. The molecule has 0 saturated carbocycles. The van der Waals surface area contributed by atoms with Gasteiger partial charge in [-0.2, -0.15) is 0 Å². The van der Waals surface area contributed by atoms with Crippen LogP contribution in [0.1, 0.15) is 18.6 Å². The van der Waals surface area contributed by atoms with E-state index in [2.05, 4.69) is 10.6 Å². The monoisotopic (exact) mass is 316 g/mol. The summed E-state index contributed by atoms with van der Waals surface area (Å²) in [5, 5.41) is 7.21. The van der Waals surface area contributed by atoms with E-state index in [1.165, 1.54) is 6.92 Å². The normalized spacial score (nSPS) is 23.1. The third-order valence-corrected chi connectivity index (χ3v) is 4.04. The molecule has 2 N–H and O–H groups in total. The summed E-state index contributed by atoms with van der Waals surface area (Å²) >= 11 is 12.0. The zero-order chi connectivity index (χ0) is 14.5. The third kappa shape index (κ3) is 4.09. The molecule has 1 saturated heterocycles. The second kappa shape index (κ2) is 7.27. The fourth-order valence-electron chi connectivity index (χ4n) is 2.30. The molecular weight excluding hydrogens is 299 g/mol. The highest BCUT2D eigenvalue weighted by Crippen LogP contribution is 2.31. The largest absolute Gasteiger partial charge is 0.372 e. The molecule has 0 bridgehead atoms. The number of carbonyl (C=O) groups is 1. The predicted octanol–water partition coefficient (Wildman–Crippen LogP) is 2.41. The Labute approximate surface area is 128 Å². The number of carbonyl (C=O) groups excluding carboxylic acids is 1. The fraction of sp³-hybridized carbons (Fsp3) is 0.500. The number of ether oxygens (including phenoxy) is 1. The lowest BCUT2D eigenvalue weighted by Gasteiger charge is -2.25. The molecule has 0 radical (unpaired) electrons. The van der Waals surface area contributed by atoms with Gasteiger partial charge < -0.3 is 15.4 Å². The minimum Gasteiger partial charge on any atom is -0.372 e. The van der Waals surface area contributed by atoms with Crippen molar-refractivity contribution in [3.63, 3.8) is 0 Å². The highest BCUT2D eigenvalue weighted by Gasteiger charge is 2.26. The molecule has 0 aromatic heterocycles. The first-order chi connectivity index (χ1) is 9.58. The number of benzene rings is 1. The van der Waals surface area contributed by atoms with E-state index in [1.807, 2.05) is 12.1 Å². The Morgan fingerprint density at radius 1 is 1.45 bits per heavy atom. The van der Waals surface area contributed by atoms with Gasteiger partial charge in [0.25, 0.3) is 0 Å². The standard InChI is InChI=1S/C14H18Cl2N2O2/c1-9(19)18-8-11-7-17-4-5-20-14(11)10-2-3-12(15)13(16)6-10/h2-3,6,11,14,17H,4-5,7-8H2,1H3,(H,18,19)/t11-,14+/m0/s1. The van der Waals surface area contributed by atoms with Gasteiger partial charge in [0.05, 0.1) is 22.8 Å². The third-order valence-electron chi connectivity index (χ3n) is 3.30.